The molecule has 1 amide bonds. The van der Waals surface area contributed by atoms with Crippen LogP contribution in [0.3, 0.4) is 0 Å². The van der Waals surface area contributed by atoms with Crippen LogP contribution in [0.1, 0.15) is 12.8 Å². The average Bonchev–Trinajstić information content (AvgIpc) is 2.81. The minimum atomic E-state index is -0.526. The Kier molecular flexibility index (Phi) is 2.52. The number of ether oxygens (including phenoxy) is 1. The van der Waals surface area contributed by atoms with Crippen molar-refractivity contribution in [3.8, 4) is 0 Å². The lowest BCUT2D eigenvalue weighted by Gasteiger charge is -2.14. The van der Waals surface area contributed by atoms with Crippen LogP contribution in [0, 0.1) is 11.3 Å². The van der Waals surface area contributed by atoms with E-state index < -0.39 is 6.09 Å². The Morgan fingerprint density at radius 3 is 2.67 bits per heavy atom. The van der Waals surface area contributed by atoms with Crippen LogP contribution in [-0.4, -0.2) is 25.1 Å². The zero-order chi connectivity index (χ0) is 9.14. The fourth-order valence-electron chi connectivity index (χ4n) is 1.06. The zero-order valence-corrected chi connectivity index (χ0v) is 6.96. The second-order valence-corrected chi connectivity index (χ2v) is 2.91. The number of amides is 1. The monoisotopic (exact) mass is 171 g/mol. The summed E-state index contributed by atoms with van der Waals surface area (Å²) in [5, 5.41) is 9.72. The van der Waals surface area contributed by atoms with E-state index in [0.29, 0.717) is 5.92 Å². The van der Waals surface area contributed by atoms with Crippen LogP contribution in [0.15, 0.2) is 0 Å². The lowest BCUT2D eigenvalue weighted by molar-refractivity contribution is 0.168. The first-order valence-corrected chi connectivity index (χ1v) is 3.83. The van der Waals surface area contributed by atoms with Gasteiger partial charge in [-0.3, -0.25) is 5.41 Å². The van der Waals surface area contributed by atoms with Gasteiger partial charge in [-0.05, 0) is 18.8 Å². The lowest BCUT2D eigenvalue weighted by atomic mass is 10.2. The molecule has 0 aliphatic heterocycles. The molecule has 1 unspecified atom stereocenters. The first kappa shape index (κ1) is 8.83. The molecule has 0 heterocycles. The second kappa shape index (κ2) is 3.42. The first-order valence-electron chi connectivity index (χ1n) is 3.83. The Bertz CT molecular complexity index is 201. The second-order valence-electron chi connectivity index (χ2n) is 2.91. The van der Waals surface area contributed by atoms with E-state index in [1.165, 1.54) is 7.11 Å². The van der Waals surface area contributed by atoms with Crippen LogP contribution in [0.5, 0.6) is 0 Å². The third-order valence-electron chi connectivity index (χ3n) is 1.89. The number of alkyl carbamates (subject to hydrolysis) is 1. The average molecular weight is 171 g/mol. The van der Waals surface area contributed by atoms with Crippen molar-refractivity contribution in [2.45, 2.75) is 18.9 Å². The number of hydrogen-bond donors (Lipinski definition) is 3. The third kappa shape index (κ3) is 2.11. The third-order valence-corrected chi connectivity index (χ3v) is 1.89. The summed E-state index contributed by atoms with van der Waals surface area (Å²) >= 11 is 0. The molecule has 0 saturated heterocycles. The highest BCUT2D eigenvalue weighted by molar-refractivity contribution is 5.87. The number of methoxy groups -OCH3 is 1. The van der Waals surface area contributed by atoms with Crippen LogP contribution in [0.2, 0.25) is 0 Å². The predicted molar refractivity (Wildman–Crippen MR) is 44.0 cm³/mol. The minimum absolute atomic E-state index is 0.00269. The molecule has 1 saturated carbocycles. The summed E-state index contributed by atoms with van der Waals surface area (Å²) in [6, 6.07) is -0.336. The van der Waals surface area contributed by atoms with E-state index in [1.54, 1.807) is 0 Å². The number of carbonyl (C=O) groups is 1. The molecule has 5 heteroatoms. The standard InChI is InChI=1S/C7H13N3O2/c1-12-7(11)10-5(6(8)9)4-2-3-4/h4-5H,2-3H2,1H3,(H3,8,9)(H,10,11). The maximum atomic E-state index is 10.8. The van der Waals surface area contributed by atoms with E-state index >= 15 is 0 Å². The van der Waals surface area contributed by atoms with Gasteiger partial charge in [0.05, 0.1) is 13.2 Å². The quantitative estimate of drug-likeness (QED) is 0.414. The van der Waals surface area contributed by atoms with E-state index in [0.717, 1.165) is 12.8 Å². The van der Waals surface area contributed by atoms with Gasteiger partial charge in [0.1, 0.15) is 5.84 Å². The van der Waals surface area contributed by atoms with Gasteiger partial charge >= 0.3 is 6.09 Å². The number of hydrogen-bond acceptors (Lipinski definition) is 3. The highest BCUT2D eigenvalue weighted by Gasteiger charge is 2.34. The van der Waals surface area contributed by atoms with Crippen LogP contribution in [0.25, 0.3) is 0 Å². The molecule has 1 atom stereocenters. The summed E-state index contributed by atoms with van der Waals surface area (Å²) in [7, 11) is 1.29. The predicted octanol–water partition coefficient (Wildman–Crippen LogP) is 0.0570. The lowest BCUT2D eigenvalue weighted by Crippen LogP contribution is -2.45. The molecule has 0 radical (unpaired) electrons. The number of amidine groups is 1. The van der Waals surface area contributed by atoms with E-state index in [2.05, 4.69) is 10.1 Å². The van der Waals surface area contributed by atoms with Crippen molar-refractivity contribution in [1.82, 2.24) is 5.32 Å². The summed E-state index contributed by atoms with van der Waals surface area (Å²) in [5.74, 6) is 0.338. The van der Waals surface area contributed by atoms with Crippen molar-refractivity contribution in [1.29, 1.82) is 5.41 Å². The fraction of sp³-hybridized carbons (Fsp3) is 0.714. The highest BCUT2D eigenvalue weighted by Crippen LogP contribution is 2.32. The Balaban J connectivity index is 2.43. The molecule has 12 heavy (non-hydrogen) atoms. The van der Waals surface area contributed by atoms with Gasteiger partial charge in [-0.2, -0.15) is 0 Å². The van der Waals surface area contributed by atoms with E-state index in [1.807, 2.05) is 0 Å². The van der Waals surface area contributed by atoms with Gasteiger partial charge in [-0.1, -0.05) is 0 Å². The van der Waals surface area contributed by atoms with Crippen molar-refractivity contribution < 1.29 is 9.53 Å². The molecular weight excluding hydrogens is 158 g/mol. The van der Waals surface area contributed by atoms with Crippen LogP contribution in [0.4, 0.5) is 4.79 Å². The molecule has 0 spiro atoms. The molecule has 1 aliphatic carbocycles. The topological polar surface area (TPSA) is 88.2 Å². The maximum Gasteiger partial charge on any atom is 0.407 e. The normalized spacial score (nSPS) is 18.1. The van der Waals surface area contributed by atoms with E-state index in [-0.39, 0.29) is 11.9 Å². The van der Waals surface area contributed by atoms with Crippen molar-refractivity contribution in [3.63, 3.8) is 0 Å². The highest BCUT2D eigenvalue weighted by atomic mass is 16.5. The number of nitrogens with two attached hydrogens (primary N) is 1. The van der Waals surface area contributed by atoms with Gasteiger partial charge in [0.2, 0.25) is 0 Å². The minimum Gasteiger partial charge on any atom is -0.453 e. The molecule has 0 bridgehead atoms. The van der Waals surface area contributed by atoms with Crippen molar-refractivity contribution >= 4 is 11.9 Å². The number of rotatable bonds is 3. The summed E-state index contributed by atoms with van der Waals surface area (Å²) in [6.07, 6.45) is 1.52. The Labute approximate surface area is 70.8 Å². The Morgan fingerprint density at radius 1 is 1.75 bits per heavy atom. The van der Waals surface area contributed by atoms with Crippen molar-refractivity contribution in [2.75, 3.05) is 7.11 Å². The van der Waals surface area contributed by atoms with Gasteiger partial charge in [-0.25, -0.2) is 4.79 Å². The smallest absolute Gasteiger partial charge is 0.407 e. The van der Waals surface area contributed by atoms with Crippen molar-refractivity contribution in [2.24, 2.45) is 11.7 Å². The molecule has 0 aromatic carbocycles. The fourth-order valence-corrected chi connectivity index (χ4v) is 1.06. The van der Waals surface area contributed by atoms with E-state index in [4.69, 9.17) is 11.1 Å². The van der Waals surface area contributed by atoms with Gasteiger partial charge < -0.3 is 15.8 Å². The summed E-state index contributed by atoms with van der Waals surface area (Å²) in [5.41, 5.74) is 5.29. The molecule has 1 rings (SSSR count). The van der Waals surface area contributed by atoms with Gasteiger partial charge in [0, 0.05) is 0 Å². The largest absolute Gasteiger partial charge is 0.453 e. The zero-order valence-electron chi connectivity index (χ0n) is 6.96. The Hall–Kier alpha value is -1.26. The molecule has 1 aliphatic rings. The van der Waals surface area contributed by atoms with Gasteiger partial charge in [-0.15, -0.1) is 0 Å². The molecule has 0 aromatic rings. The summed E-state index contributed by atoms with van der Waals surface area (Å²) in [4.78, 5) is 10.8. The number of carbonyl (C=O) groups excluding carboxylic acids is 1. The summed E-state index contributed by atoms with van der Waals surface area (Å²) in [6.45, 7) is 0. The SMILES string of the molecule is COC(=O)NC(C(=N)N)C1CC1. The summed E-state index contributed by atoms with van der Waals surface area (Å²) < 4.78 is 4.41. The van der Waals surface area contributed by atoms with E-state index in [9.17, 15) is 4.79 Å². The van der Waals surface area contributed by atoms with Gasteiger partial charge in [0.15, 0.2) is 0 Å². The number of nitrogens with one attached hydrogen (secondary N) is 2. The molecule has 4 N–H and O–H groups in total. The molecule has 1 fully saturated rings. The first-order chi connectivity index (χ1) is 5.65. The molecule has 68 valence electrons. The van der Waals surface area contributed by atoms with Crippen molar-refractivity contribution in [3.05, 3.63) is 0 Å². The molecule has 0 aromatic heterocycles. The van der Waals surface area contributed by atoms with Crippen LogP contribution in [-0.2, 0) is 4.74 Å². The molecule has 5 nitrogen and oxygen atoms in total. The van der Waals surface area contributed by atoms with Crippen LogP contribution >= 0.6 is 0 Å². The Morgan fingerprint density at radius 2 is 2.33 bits per heavy atom. The van der Waals surface area contributed by atoms with Gasteiger partial charge in [0.25, 0.3) is 0 Å². The van der Waals surface area contributed by atoms with Crippen LogP contribution < -0.4 is 11.1 Å². The molecular formula is C7H13N3O2. The maximum absolute atomic E-state index is 10.8.